The molecule has 0 spiro atoms. The number of amides is 2. The van der Waals surface area contributed by atoms with Crippen molar-refractivity contribution in [3.63, 3.8) is 0 Å². The van der Waals surface area contributed by atoms with Crippen LogP contribution >= 0.6 is 11.6 Å². The Balaban J connectivity index is 2.65. The highest BCUT2D eigenvalue weighted by Gasteiger charge is 2.17. The van der Waals surface area contributed by atoms with Crippen LogP contribution in [-0.4, -0.2) is 48.3 Å². The Morgan fingerprint density at radius 1 is 1.38 bits per heavy atom. The molecule has 2 N–H and O–H groups in total. The van der Waals surface area contributed by atoms with Crippen LogP contribution in [0.2, 0.25) is 5.02 Å². The van der Waals surface area contributed by atoms with Crippen molar-refractivity contribution in [2.24, 2.45) is 0 Å². The van der Waals surface area contributed by atoms with Gasteiger partial charge in [-0.1, -0.05) is 11.6 Å². The average Bonchev–Trinajstić information content (AvgIpc) is 2.45. The molecule has 21 heavy (non-hydrogen) atoms. The molecule has 0 aliphatic carbocycles. The third-order valence-electron chi connectivity index (χ3n) is 2.68. The average molecular weight is 315 g/mol. The fourth-order valence-corrected chi connectivity index (χ4v) is 1.78. The molecule has 7 heteroatoms. The van der Waals surface area contributed by atoms with Gasteiger partial charge in [0.25, 0.3) is 0 Å². The first-order chi connectivity index (χ1) is 9.92. The third-order valence-corrected chi connectivity index (χ3v) is 2.93. The van der Waals surface area contributed by atoms with Crippen LogP contribution in [0, 0.1) is 0 Å². The molecule has 116 valence electrons. The summed E-state index contributed by atoms with van der Waals surface area (Å²) in [6.45, 7) is 1.86. The zero-order valence-corrected chi connectivity index (χ0v) is 12.8. The molecule has 6 nitrogen and oxygen atoms in total. The highest BCUT2D eigenvalue weighted by molar-refractivity contribution is 6.30. The molecule has 0 aliphatic rings. The summed E-state index contributed by atoms with van der Waals surface area (Å²) in [5.41, 5.74) is 0.582. The number of aliphatic hydroxyl groups is 1. The number of aliphatic hydroxyl groups excluding tert-OH is 1. The Morgan fingerprint density at radius 3 is 2.52 bits per heavy atom. The molecule has 0 saturated carbocycles. The van der Waals surface area contributed by atoms with E-state index in [-0.39, 0.29) is 19.5 Å². The van der Waals surface area contributed by atoms with E-state index < -0.39 is 18.1 Å². The van der Waals surface area contributed by atoms with Crippen molar-refractivity contribution in [2.45, 2.75) is 19.4 Å². The largest absolute Gasteiger partial charge is 0.469 e. The van der Waals surface area contributed by atoms with Gasteiger partial charge in [-0.25, -0.2) is 4.79 Å². The number of esters is 1. The van der Waals surface area contributed by atoms with Gasteiger partial charge in [0.15, 0.2) is 0 Å². The number of rotatable bonds is 6. The van der Waals surface area contributed by atoms with Crippen LogP contribution in [0.3, 0.4) is 0 Å². The van der Waals surface area contributed by atoms with Gasteiger partial charge in [0.1, 0.15) is 0 Å². The van der Waals surface area contributed by atoms with Crippen molar-refractivity contribution in [1.29, 1.82) is 0 Å². The monoisotopic (exact) mass is 314 g/mol. The number of anilines is 1. The maximum Gasteiger partial charge on any atom is 0.321 e. The SMILES string of the molecule is COC(=O)CCN(CC(C)O)C(=O)Nc1ccc(Cl)cc1. The number of hydrogen-bond donors (Lipinski definition) is 2. The highest BCUT2D eigenvalue weighted by atomic mass is 35.5. The Labute approximate surface area is 128 Å². The molecule has 1 atom stereocenters. The Kier molecular flexibility index (Phi) is 6.98. The maximum atomic E-state index is 12.2. The molecule has 0 radical (unpaired) electrons. The molecule has 2 amide bonds. The molecule has 1 rings (SSSR count). The second kappa shape index (κ2) is 8.49. The minimum atomic E-state index is -0.696. The second-order valence-electron chi connectivity index (χ2n) is 4.56. The van der Waals surface area contributed by atoms with Gasteiger partial charge in [-0.3, -0.25) is 4.79 Å². The predicted molar refractivity (Wildman–Crippen MR) is 80.4 cm³/mol. The number of methoxy groups -OCH3 is 1. The number of hydrogen-bond acceptors (Lipinski definition) is 4. The molecule has 1 aromatic rings. The second-order valence-corrected chi connectivity index (χ2v) is 4.99. The van der Waals surface area contributed by atoms with E-state index in [1.807, 2.05) is 0 Å². The number of carbonyl (C=O) groups is 2. The Bertz CT molecular complexity index is 476. The van der Waals surface area contributed by atoms with Gasteiger partial charge in [0.2, 0.25) is 0 Å². The van der Waals surface area contributed by atoms with Crippen LogP contribution in [0.5, 0.6) is 0 Å². The van der Waals surface area contributed by atoms with Crippen LogP contribution in [0.1, 0.15) is 13.3 Å². The Hall–Kier alpha value is -1.79. The number of ether oxygens (including phenoxy) is 1. The molecular weight excluding hydrogens is 296 g/mol. The van der Waals surface area contributed by atoms with E-state index in [1.54, 1.807) is 31.2 Å². The molecule has 0 fully saturated rings. The van der Waals surface area contributed by atoms with Crippen molar-refractivity contribution < 1.29 is 19.4 Å². The molecule has 1 unspecified atom stereocenters. The van der Waals surface area contributed by atoms with Gasteiger partial charge in [-0.15, -0.1) is 0 Å². The van der Waals surface area contributed by atoms with Crippen molar-refractivity contribution in [3.05, 3.63) is 29.3 Å². The summed E-state index contributed by atoms with van der Waals surface area (Å²) in [5, 5.41) is 12.7. The van der Waals surface area contributed by atoms with Crippen molar-refractivity contribution in [2.75, 3.05) is 25.5 Å². The fraction of sp³-hybridized carbons (Fsp3) is 0.429. The zero-order chi connectivity index (χ0) is 15.8. The lowest BCUT2D eigenvalue weighted by atomic mass is 10.3. The third kappa shape index (κ3) is 6.46. The number of nitrogens with one attached hydrogen (secondary N) is 1. The smallest absolute Gasteiger partial charge is 0.321 e. The van der Waals surface area contributed by atoms with Crippen molar-refractivity contribution >= 4 is 29.3 Å². The lowest BCUT2D eigenvalue weighted by Gasteiger charge is -2.24. The molecule has 0 aromatic heterocycles. The predicted octanol–water partition coefficient (Wildman–Crippen LogP) is 2.12. The van der Waals surface area contributed by atoms with Gasteiger partial charge in [-0.05, 0) is 31.2 Å². The lowest BCUT2D eigenvalue weighted by molar-refractivity contribution is -0.140. The van der Waals surface area contributed by atoms with Gasteiger partial charge >= 0.3 is 12.0 Å². The first kappa shape index (κ1) is 17.3. The maximum absolute atomic E-state index is 12.2. The quantitative estimate of drug-likeness (QED) is 0.788. The summed E-state index contributed by atoms with van der Waals surface area (Å²) in [6.07, 6.45) is -0.629. The minimum absolute atomic E-state index is 0.0667. The summed E-state index contributed by atoms with van der Waals surface area (Å²) in [4.78, 5) is 24.7. The number of nitrogens with zero attached hydrogens (tertiary/aromatic N) is 1. The van der Waals surface area contributed by atoms with E-state index in [4.69, 9.17) is 11.6 Å². The number of benzene rings is 1. The standard InChI is InChI=1S/C14H19ClN2O4/c1-10(18)9-17(8-7-13(19)21-2)14(20)16-12-5-3-11(15)4-6-12/h3-6,10,18H,7-9H2,1-2H3,(H,16,20). The molecule has 1 aromatic carbocycles. The van der Waals surface area contributed by atoms with Crippen molar-refractivity contribution in [1.82, 2.24) is 4.90 Å². The van der Waals surface area contributed by atoms with Crippen LogP contribution in [0.25, 0.3) is 0 Å². The summed E-state index contributed by atoms with van der Waals surface area (Å²) in [7, 11) is 1.29. The number of carbonyl (C=O) groups excluding carboxylic acids is 2. The van der Waals surface area contributed by atoms with Crippen molar-refractivity contribution in [3.8, 4) is 0 Å². The van der Waals surface area contributed by atoms with Crippen LogP contribution in [-0.2, 0) is 9.53 Å². The molecule has 0 saturated heterocycles. The van der Waals surface area contributed by atoms with Crippen LogP contribution in [0.4, 0.5) is 10.5 Å². The number of urea groups is 1. The fourth-order valence-electron chi connectivity index (χ4n) is 1.66. The van der Waals surface area contributed by atoms with E-state index in [1.165, 1.54) is 12.0 Å². The molecular formula is C14H19ClN2O4. The molecule has 0 bridgehead atoms. The molecule has 0 heterocycles. The van der Waals surface area contributed by atoms with E-state index in [2.05, 4.69) is 10.1 Å². The van der Waals surface area contributed by atoms with Crippen LogP contribution in [0.15, 0.2) is 24.3 Å². The minimum Gasteiger partial charge on any atom is -0.469 e. The highest BCUT2D eigenvalue weighted by Crippen LogP contribution is 2.14. The van der Waals surface area contributed by atoms with Gasteiger partial charge in [-0.2, -0.15) is 0 Å². The normalized spacial score (nSPS) is 11.6. The summed E-state index contributed by atoms with van der Waals surface area (Å²) >= 11 is 5.77. The van der Waals surface area contributed by atoms with Gasteiger partial charge in [0.05, 0.1) is 19.6 Å². The first-order valence-corrected chi connectivity index (χ1v) is 6.86. The van der Waals surface area contributed by atoms with E-state index in [0.29, 0.717) is 10.7 Å². The topological polar surface area (TPSA) is 78.9 Å². The van der Waals surface area contributed by atoms with Crippen LogP contribution < -0.4 is 5.32 Å². The summed E-state index contributed by atoms with van der Waals surface area (Å²) in [6, 6.07) is 6.25. The Morgan fingerprint density at radius 2 is 2.00 bits per heavy atom. The summed E-state index contributed by atoms with van der Waals surface area (Å²) in [5.74, 6) is -0.412. The van der Waals surface area contributed by atoms with E-state index in [0.717, 1.165) is 0 Å². The zero-order valence-electron chi connectivity index (χ0n) is 12.0. The van der Waals surface area contributed by atoms with E-state index >= 15 is 0 Å². The number of halogens is 1. The summed E-state index contributed by atoms with van der Waals surface area (Å²) < 4.78 is 4.54. The lowest BCUT2D eigenvalue weighted by Crippen LogP contribution is -2.40. The van der Waals surface area contributed by atoms with E-state index in [9.17, 15) is 14.7 Å². The van der Waals surface area contributed by atoms with Gasteiger partial charge in [0, 0.05) is 23.8 Å². The van der Waals surface area contributed by atoms with Gasteiger partial charge < -0.3 is 20.1 Å². The molecule has 0 aliphatic heterocycles. The first-order valence-electron chi connectivity index (χ1n) is 6.48.